The normalized spacial score (nSPS) is 11.8. The Morgan fingerprint density at radius 2 is 1.95 bits per heavy atom. The molecular formula is C17H18ClNO2. The van der Waals surface area contributed by atoms with Crippen molar-refractivity contribution >= 4 is 17.5 Å². The third-order valence-corrected chi connectivity index (χ3v) is 3.34. The molecule has 2 aromatic rings. The molecule has 0 aliphatic heterocycles. The fraction of sp³-hybridized carbons (Fsp3) is 0.235. The zero-order chi connectivity index (χ0) is 15.2. The first kappa shape index (κ1) is 15.4. The van der Waals surface area contributed by atoms with E-state index in [0.717, 1.165) is 5.56 Å². The van der Waals surface area contributed by atoms with Gasteiger partial charge in [0.2, 0.25) is 0 Å². The summed E-state index contributed by atoms with van der Waals surface area (Å²) in [4.78, 5) is 11.8. The van der Waals surface area contributed by atoms with Crippen LogP contribution < -0.4 is 10.1 Å². The van der Waals surface area contributed by atoms with Crippen molar-refractivity contribution in [1.29, 1.82) is 0 Å². The Morgan fingerprint density at radius 3 is 2.62 bits per heavy atom. The Balaban J connectivity index is 2.10. The lowest BCUT2D eigenvalue weighted by molar-refractivity contribution is 0.0955. The van der Waals surface area contributed by atoms with Crippen molar-refractivity contribution in [3.63, 3.8) is 0 Å². The van der Waals surface area contributed by atoms with Crippen LogP contribution in [-0.4, -0.2) is 12.5 Å². The van der Waals surface area contributed by atoms with Crippen molar-refractivity contribution in [1.82, 2.24) is 5.32 Å². The molecule has 0 saturated heterocycles. The van der Waals surface area contributed by atoms with Crippen molar-refractivity contribution in [2.45, 2.75) is 20.0 Å². The Kier molecular flexibility index (Phi) is 5.23. The van der Waals surface area contributed by atoms with Gasteiger partial charge in [0, 0.05) is 17.1 Å². The average Bonchev–Trinajstić information content (AvgIpc) is 2.48. The van der Waals surface area contributed by atoms with Gasteiger partial charge in [-0.3, -0.25) is 4.79 Å². The maximum Gasteiger partial charge on any atom is 0.251 e. The maximum absolute atomic E-state index is 11.8. The fourth-order valence-corrected chi connectivity index (χ4v) is 2.11. The van der Waals surface area contributed by atoms with Gasteiger partial charge in [0.05, 0.1) is 0 Å². The third kappa shape index (κ3) is 4.23. The molecule has 2 rings (SSSR count). The molecule has 0 spiro atoms. The van der Waals surface area contributed by atoms with Gasteiger partial charge in [0.25, 0.3) is 5.91 Å². The molecule has 3 nitrogen and oxygen atoms in total. The lowest BCUT2D eigenvalue weighted by Crippen LogP contribution is -2.22. The maximum atomic E-state index is 11.8. The smallest absolute Gasteiger partial charge is 0.251 e. The number of amides is 1. The number of rotatable bonds is 5. The minimum Gasteiger partial charge on any atom is -0.486 e. The van der Waals surface area contributed by atoms with E-state index in [2.05, 4.69) is 5.32 Å². The summed E-state index contributed by atoms with van der Waals surface area (Å²) >= 11 is 5.88. The molecular weight excluding hydrogens is 286 g/mol. The van der Waals surface area contributed by atoms with Gasteiger partial charge in [-0.1, -0.05) is 29.8 Å². The molecule has 0 radical (unpaired) electrons. The molecule has 1 atom stereocenters. The largest absolute Gasteiger partial charge is 0.486 e. The lowest BCUT2D eigenvalue weighted by Gasteiger charge is -2.15. The Hall–Kier alpha value is -2.00. The van der Waals surface area contributed by atoms with Crippen LogP contribution in [0.25, 0.3) is 0 Å². The van der Waals surface area contributed by atoms with Gasteiger partial charge in [-0.25, -0.2) is 0 Å². The van der Waals surface area contributed by atoms with E-state index in [1.165, 1.54) is 0 Å². The lowest BCUT2D eigenvalue weighted by atomic mass is 10.1. The molecule has 0 fully saturated rings. The topological polar surface area (TPSA) is 38.3 Å². The summed E-state index contributed by atoms with van der Waals surface area (Å²) in [6.07, 6.45) is -0.119. The molecule has 0 aliphatic carbocycles. The number of nitrogens with one attached hydrogen (secondary N) is 1. The van der Waals surface area contributed by atoms with E-state index in [4.69, 9.17) is 16.3 Å². The van der Waals surface area contributed by atoms with E-state index < -0.39 is 0 Å². The SMILES string of the molecule is CCNC(=O)c1cccc(OC(C)c2ccc(Cl)cc2)c1. The van der Waals surface area contributed by atoms with E-state index in [0.29, 0.717) is 22.9 Å². The summed E-state index contributed by atoms with van der Waals surface area (Å²) in [5.74, 6) is 0.572. The van der Waals surface area contributed by atoms with Crippen LogP contribution in [0.3, 0.4) is 0 Å². The highest BCUT2D eigenvalue weighted by molar-refractivity contribution is 6.30. The molecule has 1 unspecified atom stereocenters. The molecule has 0 saturated carbocycles. The summed E-state index contributed by atoms with van der Waals surface area (Å²) in [7, 11) is 0. The van der Waals surface area contributed by atoms with Crippen LogP contribution in [0.15, 0.2) is 48.5 Å². The Bertz CT molecular complexity index is 610. The minimum absolute atomic E-state index is 0.0953. The highest BCUT2D eigenvalue weighted by atomic mass is 35.5. The number of ether oxygens (including phenoxy) is 1. The van der Waals surface area contributed by atoms with Crippen molar-refractivity contribution in [3.8, 4) is 5.75 Å². The van der Waals surface area contributed by atoms with E-state index >= 15 is 0 Å². The van der Waals surface area contributed by atoms with Crippen LogP contribution in [-0.2, 0) is 0 Å². The molecule has 0 bridgehead atoms. The minimum atomic E-state index is -0.119. The van der Waals surface area contributed by atoms with Gasteiger partial charge >= 0.3 is 0 Å². The summed E-state index contributed by atoms with van der Waals surface area (Å²) in [6.45, 7) is 4.45. The molecule has 1 N–H and O–H groups in total. The zero-order valence-electron chi connectivity index (χ0n) is 12.1. The van der Waals surface area contributed by atoms with Gasteiger partial charge in [0.15, 0.2) is 0 Å². The highest BCUT2D eigenvalue weighted by Crippen LogP contribution is 2.23. The van der Waals surface area contributed by atoms with Gasteiger partial charge < -0.3 is 10.1 Å². The number of carbonyl (C=O) groups excluding carboxylic acids is 1. The Labute approximate surface area is 129 Å². The highest BCUT2D eigenvalue weighted by Gasteiger charge is 2.09. The first-order chi connectivity index (χ1) is 10.1. The fourth-order valence-electron chi connectivity index (χ4n) is 1.98. The second-order valence-corrected chi connectivity index (χ2v) is 5.14. The van der Waals surface area contributed by atoms with Crippen molar-refractivity contribution < 1.29 is 9.53 Å². The third-order valence-electron chi connectivity index (χ3n) is 3.09. The van der Waals surface area contributed by atoms with E-state index in [-0.39, 0.29) is 12.0 Å². The zero-order valence-corrected chi connectivity index (χ0v) is 12.9. The van der Waals surface area contributed by atoms with Gasteiger partial charge in [-0.05, 0) is 49.7 Å². The van der Waals surface area contributed by atoms with Crippen LogP contribution >= 0.6 is 11.6 Å². The van der Waals surface area contributed by atoms with Crippen LogP contribution in [0.4, 0.5) is 0 Å². The summed E-state index contributed by atoms with van der Waals surface area (Å²) in [6, 6.07) is 14.7. The first-order valence-electron chi connectivity index (χ1n) is 6.90. The van der Waals surface area contributed by atoms with Crippen molar-refractivity contribution in [2.24, 2.45) is 0 Å². The van der Waals surface area contributed by atoms with Crippen LogP contribution in [0.2, 0.25) is 5.02 Å². The summed E-state index contributed by atoms with van der Waals surface area (Å²) in [5, 5.41) is 3.47. The Morgan fingerprint density at radius 1 is 1.24 bits per heavy atom. The number of halogens is 1. The second-order valence-electron chi connectivity index (χ2n) is 4.70. The van der Waals surface area contributed by atoms with Crippen LogP contribution in [0.1, 0.15) is 35.9 Å². The van der Waals surface area contributed by atoms with Crippen LogP contribution in [0, 0.1) is 0 Å². The first-order valence-corrected chi connectivity index (χ1v) is 7.28. The predicted octanol–water partition coefficient (Wildman–Crippen LogP) is 4.23. The van der Waals surface area contributed by atoms with Gasteiger partial charge in [0.1, 0.15) is 11.9 Å². The predicted molar refractivity (Wildman–Crippen MR) is 84.9 cm³/mol. The molecule has 4 heteroatoms. The molecule has 2 aromatic carbocycles. The molecule has 21 heavy (non-hydrogen) atoms. The molecule has 1 amide bonds. The molecule has 0 heterocycles. The van der Waals surface area contributed by atoms with Crippen molar-refractivity contribution in [2.75, 3.05) is 6.54 Å². The number of carbonyl (C=O) groups is 1. The van der Waals surface area contributed by atoms with E-state index in [9.17, 15) is 4.79 Å². The van der Waals surface area contributed by atoms with Crippen LogP contribution in [0.5, 0.6) is 5.75 Å². The average molecular weight is 304 g/mol. The number of benzene rings is 2. The number of hydrogen-bond donors (Lipinski definition) is 1. The summed E-state index contributed by atoms with van der Waals surface area (Å²) < 4.78 is 5.89. The monoisotopic (exact) mass is 303 g/mol. The summed E-state index contributed by atoms with van der Waals surface area (Å²) in [5.41, 5.74) is 1.63. The molecule has 110 valence electrons. The van der Waals surface area contributed by atoms with E-state index in [1.807, 2.05) is 50.2 Å². The standard InChI is InChI=1S/C17H18ClNO2/c1-3-19-17(20)14-5-4-6-16(11-14)21-12(2)13-7-9-15(18)10-8-13/h4-12H,3H2,1-2H3,(H,19,20). The van der Waals surface area contributed by atoms with Gasteiger partial charge in [-0.2, -0.15) is 0 Å². The molecule has 0 aromatic heterocycles. The second kappa shape index (κ2) is 7.14. The van der Waals surface area contributed by atoms with E-state index in [1.54, 1.807) is 12.1 Å². The quantitative estimate of drug-likeness (QED) is 0.897. The van der Waals surface area contributed by atoms with Crippen molar-refractivity contribution in [3.05, 3.63) is 64.7 Å². The number of hydrogen-bond acceptors (Lipinski definition) is 2. The van der Waals surface area contributed by atoms with Gasteiger partial charge in [-0.15, -0.1) is 0 Å². The molecule has 0 aliphatic rings.